The number of amides is 4. The first-order valence-electron chi connectivity index (χ1n) is 10.3. The van der Waals surface area contributed by atoms with Crippen molar-refractivity contribution in [2.75, 3.05) is 4.90 Å². The molecule has 0 saturated carbocycles. The van der Waals surface area contributed by atoms with Crippen LogP contribution in [0.15, 0.2) is 72.3 Å². The number of hydrogen-bond acceptors (Lipinski definition) is 4. The highest BCUT2D eigenvalue weighted by molar-refractivity contribution is 6.39. The highest BCUT2D eigenvalue weighted by atomic mass is 19.1. The van der Waals surface area contributed by atoms with Crippen LogP contribution in [0.4, 0.5) is 14.9 Å². The van der Waals surface area contributed by atoms with E-state index >= 15 is 0 Å². The number of aryl methyl sites for hydroxylation is 2. The molecule has 0 radical (unpaired) electrons. The third-order valence-electron chi connectivity index (χ3n) is 5.25. The summed E-state index contributed by atoms with van der Waals surface area (Å²) in [7, 11) is 0. The van der Waals surface area contributed by atoms with Gasteiger partial charge in [-0.25, -0.2) is 14.1 Å². The molecule has 0 bridgehead atoms. The first-order valence-corrected chi connectivity index (χ1v) is 10.3. The van der Waals surface area contributed by atoms with Gasteiger partial charge in [-0.1, -0.05) is 54.1 Å². The molecule has 166 valence electrons. The Hall–Kier alpha value is -4.26. The van der Waals surface area contributed by atoms with Crippen LogP contribution in [0.5, 0.6) is 5.75 Å². The van der Waals surface area contributed by atoms with Gasteiger partial charge in [0.15, 0.2) is 0 Å². The van der Waals surface area contributed by atoms with Crippen molar-refractivity contribution in [3.63, 3.8) is 0 Å². The Labute approximate surface area is 190 Å². The molecule has 0 aliphatic carbocycles. The van der Waals surface area contributed by atoms with E-state index in [-0.39, 0.29) is 12.2 Å². The number of ether oxygens (including phenoxy) is 1. The smallest absolute Gasteiger partial charge is 0.335 e. The van der Waals surface area contributed by atoms with Gasteiger partial charge in [0.05, 0.1) is 5.69 Å². The van der Waals surface area contributed by atoms with Crippen molar-refractivity contribution < 1.29 is 23.5 Å². The Morgan fingerprint density at radius 1 is 0.970 bits per heavy atom. The monoisotopic (exact) mass is 444 g/mol. The van der Waals surface area contributed by atoms with E-state index in [1.807, 2.05) is 13.0 Å². The maximum atomic E-state index is 13.9. The summed E-state index contributed by atoms with van der Waals surface area (Å²) < 4.78 is 19.7. The van der Waals surface area contributed by atoms with Crippen LogP contribution in [0.25, 0.3) is 6.08 Å². The van der Waals surface area contributed by atoms with Crippen molar-refractivity contribution in [1.29, 1.82) is 0 Å². The number of nitrogens with one attached hydrogen (secondary N) is 1. The van der Waals surface area contributed by atoms with Crippen LogP contribution in [-0.2, 0) is 16.2 Å². The maximum Gasteiger partial charge on any atom is 0.335 e. The zero-order valence-electron chi connectivity index (χ0n) is 18.1. The van der Waals surface area contributed by atoms with Gasteiger partial charge in [0.1, 0.15) is 23.7 Å². The molecule has 0 spiro atoms. The first-order chi connectivity index (χ1) is 15.8. The average Bonchev–Trinajstić information content (AvgIpc) is 2.78. The summed E-state index contributed by atoms with van der Waals surface area (Å²) in [5, 5.41) is 2.22. The lowest BCUT2D eigenvalue weighted by molar-refractivity contribution is -0.122. The SMILES string of the molecule is Cc1ccc(N2C(=O)NC(=O)/C(=C\c3ccccc3OCc3ccccc3F)C2=O)c(C)c1. The van der Waals surface area contributed by atoms with E-state index < -0.39 is 23.7 Å². The van der Waals surface area contributed by atoms with Crippen molar-refractivity contribution in [3.05, 3.63) is 100 Å². The fourth-order valence-electron chi connectivity index (χ4n) is 3.59. The second-order valence-electron chi connectivity index (χ2n) is 7.67. The molecule has 3 aromatic rings. The Balaban J connectivity index is 1.67. The van der Waals surface area contributed by atoms with Gasteiger partial charge >= 0.3 is 6.03 Å². The molecule has 1 saturated heterocycles. The number of nitrogens with zero attached hydrogens (tertiary/aromatic N) is 1. The van der Waals surface area contributed by atoms with Crippen LogP contribution in [0.2, 0.25) is 0 Å². The second kappa shape index (κ2) is 9.08. The van der Waals surface area contributed by atoms with Gasteiger partial charge in [-0.05, 0) is 43.7 Å². The largest absolute Gasteiger partial charge is 0.488 e. The number of anilines is 1. The number of rotatable bonds is 5. The Morgan fingerprint density at radius 2 is 1.70 bits per heavy atom. The van der Waals surface area contributed by atoms with Crippen molar-refractivity contribution in [2.24, 2.45) is 0 Å². The lowest BCUT2D eigenvalue weighted by Crippen LogP contribution is -2.54. The standard InChI is InChI=1S/C26H21FN2O4/c1-16-11-12-22(17(2)13-16)29-25(31)20(24(30)28-26(29)32)14-18-7-4-6-10-23(18)33-15-19-8-3-5-9-21(19)27/h3-14H,15H2,1-2H3,(H,28,30,32)/b20-14+. The predicted octanol–water partition coefficient (Wildman–Crippen LogP) is 4.69. The molecule has 4 rings (SSSR count). The lowest BCUT2D eigenvalue weighted by atomic mass is 10.0. The highest BCUT2D eigenvalue weighted by Crippen LogP contribution is 2.28. The number of barbiturate groups is 1. The lowest BCUT2D eigenvalue weighted by Gasteiger charge is -2.27. The quantitative estimate of drug-likeness (QED) is 0.458. The van der Waals surface area contributed by atoms with Gasteiger partial charge < -0.3 is 4.74 Å². The van der Waals surface area contributed by atoms with Crippen molar-refractivity contribution in [1.82, 2.24) is 5.32 Å². The summed E-state index contributed by atoms with van der Waals surface area (Å²) in [6.07, 6.45) is 1.37. The molecule has 1 heterocycles. The van der Waals surface area contributed by atoms with Crippen LogP contribution in [0.1, 0.15) is 22.3 Å². The van der Waals surface area contributed by atoms with Crippen molar-refractivity contribution >= 4 is 29.6 Å². The number of carbonyl (C=O) groups is 3. The number of para-hydroxylation sites is 1. The second-order valence-corrected chi connectivity index (χ2v) is 7.67. The van der Waals surface area contributed by atoms with E-state index in [0.29, 0.717) is 22.6 Å². The molecule has 33 heavy (non-hydrogen) atoms. The van der Waals surface area contributed by atoms with E-state index in [1.54, 1.807) is 61.5 Å². The van der Waals surface area contributed by atoms with E-state index in [1.165, 1.54) is 12.1 Å². The summed E-state index contributed by atoms with van der Waals surface area (Å²) >= 11 is 0. The summed E-state index contributed by atoms with van der Waals surface area (Å²) in [5.74, 6) is -1.56. The summed E-state index contributed by atoms with van der Waals surface area (Å²) in [6, 6.07) is 17.5. The summed E-state index contributed by atoms with van der Waals surface area (Å²) in [5.41, 5.74) is 2.71. The number of carbonyl (C=O) groups excluding carboxylic acids is 3. The molecular weight excluding hydrogens is 423 g/mol. The van der Waals surface area contributed by atoms with Gasteiger partial charge in [0.2, 0.25) is 0 Å². The number of benzene rings is 3. The molecule has 1 aliphatic rings. The van der Waals surface area contributed by atoms with Gasteiger partial charge in [-0.15, -0.1) is 0 Å². The number of halogens is 1. The van der Waals surface area contributed by atoms with Crippen LogP contribution >= 0.6 is 0 Å². The fraction of sp³-hybridized carbons (Fsp3) is 0.115. The zero-order chi connectivity index (χ0) is 23.5. The normalized spacial score (nSPS) is 15.1. The first kappa shape index (κ1) is 22.0. The molecule has 0 aromatic heterocycles. The van der Waals surface area contributed by atoms with Crippen LogP contribution < -0.4 is 15.0 Å². The number of urea groups is 1. The van der Waals surface area contributed by atoms with E-state index in [0.717, 1.165) is 16.0 Å². The maximum absolute atomic E-state index is 13.9. The molecule has 1 aliphatic heterocycles. The topological polar surface area (TPSA) is 75.7 Å². The molecule has 0 unspecified atom stereocenters. The minimum atomic E-state index is -0.807. The van der Waals surface area contributed by atoms with Crippen molar-refractivity contribution in [3.8, 4) is 5.75 Å². The Bertz CT molecular complexity index is 1300. The number of hydrogen-bond donors (Lipinski definition) is 1. The third-order valence-corrected chi connectivity index (χ3v) is 5.25. The molecule has 3 aromatic carbocycles. The predicted molar refractivity (Wildman–Crippen MR) is 122 cm³/mol. The van der Waals surface area contributed by atoms with E-state index in [2.05, 4.69) is 5.32 Å². The summed E-state index contributed by atoms with van der Waals surface area (Å²) in [6.45, 7) is 3.66. The average molecular weight is 444 g/mol. The molecule has 1 fully saturated rings. The van der Waals surface area contributed by atoms with Gasteiger partial charge in [0, 0.05) is 11.1 Å². The fourth-order valence-corrected chi connectivity index (χ4v) is 3.59. The van der Waals surface area contributed by atoms with Crippen molar-refractivity contribution in [2.45, 2.75) is 20.5 Å². The van der Waals surface area contributed by atoms with Crippen LogP contribution in [0, 0.1) is 19.7 Å². The zero-order valence-corrected chi connectivity index (χ0v) is 18.1. The Kier molecular flexibility index (Phi) is 6.04. The molecular formula is C26H21FN2O4. The van der Waals surface area contributed by atoms with E-state index in [4.69, 9.17) is 4.74 Å². The minimum Gasteiger partial charge on any atom is -0.488 e. The van der Waals surface area contributed by atoms with Gasteiger partial charge in [-0.2, -0.15) is 0 Å². The van der Waals surface area contributed by atoms with Crippen LogP contribution in [-0.4, -0.2) is 17.8 Å². The van der Waals surface area contributed by atoms with E-state index in [9.17, 15) is 18.8 Å². The molecule has 0 atom stereocenters. The highest BCUT2D eigenvalue weighted by Gasteiger charge is 2.37. The number of imide groups is 2. The molecule has 1 N–H and O–H groups in total. The van der Waals surface area contributed by atoms with Crippen LogP contribution in [0.3, 0.4) is 0 Å². The van der Waals surface area contributed by atoms with Gasteiger partial charge in [-0.3, -0.25) is 14.9 Å². The summed E-state index contributed by atoms with van der Waals surface area (Å²) in [4.78, 5) is 39.2. The molecule has 7 heteroatoms. The third kappa shape index (κ3) is 4.52. The Morgan fingerprint density at radius 3 is 2.45 bits per heavy atom. The molecule has 6 nitrogen and oxygen atoms in total. The van der Waals surface area contributed by atoms with Gasteiger partial charge in [0.25, 0.3) is 11.8 Å². The molecule has 4 amide bonds. The minimum absolute atomic E-state index is 0.0276.